The first-order chi connectivity index (χ1) is 12.6. The van der Waals surface area contributed by atoms with E-state index in [4.69, 9.17) is 0 Å². The lowest BCUT2D eigenvalue weighted by atomic mass is 10.2. The first kappa shape index (κ1) is 17.3. The Morgan fingerprint density at radius 2 is 1.77 bits per heavy atom. The van der Waals surface area contributed by atoms with Gasteiger partial charge in [-0.05, 0) is 70.8 Å². The zero-order chi connectivity index (χ0) is 18.3. The fourth-order valence-electron chi connectivity index (χ4n) is 4.67. The lowest BCUT2D eigenvalue weighted by Gasteiger charge is -2.23. The molecular weight excluding hydrogens is 322 g/mol. The van der Waals surface area contributed by atoms with Crippen LogP contribution in [0.3, 0.4) is 0 Å². The van der Waals surface area contributed by atoms with Crippen LogP contribution in [0.1, 0.15) is 46.6 Å². The van der Waals surface area contributed by atoms with Crippen molar-refractivity contribution in [1.82, 2.24) is 14.4 Å². The summed E-state index contributed by atoms with van der Waals surface area (Å²) in [6.07, 6.45) is 3.73. The number of hydrogen-bond donors (Lipinski definition) is 0. The van der Waals surface area contributed by atoms with Gasteiger partial charge in [0.15, 0.2) is 0 Å². The van der Waals surface area contributed by atoms with Crippen molar-refractivity contribution in [2.24, 2.45) is 0 Å². The molecule has 2 aromatic rings. The van der Waals surface area contributed by atoms with Gasteiger partial charge < -0.3 is 9.47 Å². The number of rotatable bonds is 3. The second-order valence-corrected chi connectivity index (χ2v) is 7.84. The lowest BCUT2D eigenvalue weighted by molar-refractivity contribution is 0.0779. The Morgan fingerprint density at radius 3 is 2.50 bits per heavy atom. The number of aromatic nitrogens is 1. The predicted octanol–water partition coefficient (Wildman–Crippen LogP) is 3.71. The number of carbonyl (C=O) groups is 1. The second kappa shape index (κ2) is 6.92. The molecule has 1 aromatic carbocycles. The summed E-state index contributed by atoms with van der Waals surface area (Å²) < 4.78 is 2.22. The third kappa shape index (κ3) is 2.96. The van der Waals surface area contributed by atoms with Gasteiger partial charge in [0, 0.05) is 36.2 Å². The Labute approximate surface area is 156 Å². The number of benzene rings is 1. The SMILES string of the molecule is Cc1ccccc1-n1c(C)cc(C(=O)N2CCC(N3CCCC3)C2)c1C. The molecule has 138 valence electrons. The van der Waals surface area contributed by atoms with Crippen molar-refractivity contribution >= 4 is 5.91 Å². The van der Waals surface area contributed by atoms with E-state index in [9.17, 15) is 4.79 Å². The first-order valence-electron chi connectivity index (χ1n) is 9.84. The molecule has 0 aliphatic carbocycles. The number of carbonyl (C=O) groups excluding carboxylic acids is 1. The molecule has 2 aliphatic heterocycles. The molecule has 26 heavy (non-hydrogen) atoms. The maximum atomic E-state index is 13.2. The van der Waals surface area contributed by atoms with Crippen LogP contribution in [0.25, 0.3) is 5.69 Å². The van der Waals surface area contributed by atoms with Crippen LogP contribution in [0, 0.1) is 20.8 Å². The van der Waals surface area contributed by atoms with E-state index in [1.54, 1.807) is 0 Å². The smallest absolute Gasteiger partial charge is 0.255 e. The van der Waals surface area contributed by atoms with E-state index in [0.717, 1.165) is 42.1 Å². The van der Waals surface area contributed by atoms with Crippen molar-refractivity contribution in [3.8, 4) is 5.69 Å². The second-order valence-electron chi connectivity index (χ2n) is 7.84. The number of amides is 1. The maximum absolute atomic E-state index is 13.2. The van der Waals surface area contributed by atoms with Crippen molar-refractivity contribution in [2.75, 3.05) is 26.2 Å². The third-order valence-corrected chi connectivity index (χ3v) is 6.13. The van der Waals surface area contributed by atoms with Gasteiger partial charge >= 0.3 is 0 Å². The molecule has 2 aliphatic rings. The van der Waals surface area contributed by atoms with Crippen molar-refractivity contribution < 1.29 is 4.79 Å². The van der Waals surface area contributed by atoms with Crippen LogP contribution in [0.15, 0.2) is 30.3 Å². The van der Waals surface area contributed by atoms with Gasteiger partial charge in [-0.3, -0.25) is 9.69 Å². The Bertz CT molecular complexity index is 817. The van der Waals surface area contributed by atoms with E-state index in [-0.39, 0.29) is 5.91 Å². The van der Waals surface area contributed by atoms with Gasteiger partial charge in [-0.25, -0.2) is 0 Å². The predicted molar refractivity (Wildman–Crippen MR) is 105 cm³/mol. The van der Waals surface area contributed by atoms with Crippen LogP contribution < -0.4 is 0 Å². The minimum Gasteiger partial charge on any atom is -0.337 e. The molecule has 4 heteroatoms. The molecule has 1 amide bonds. The van der Waals surface area contributed by atoms with Gasteiger partial charge in [-0.2, -0.15) is 0 Å². The zero-order valence-electron chi connectivity index (χ0n) is 16.2. The number of para-hydroxylation sites is 1. The third-order valence-electron chi connectivity index (χ3n) is 6.13. The molecule has 0 spiro atoms. The molecule has 3 heterocycles. The van der Waals surface area contributed by atoms with Crippen molar-refractivity contribution in [3.05, 3.63) is 52.8 Å². The Kier molecular flexibility index (Phi) is 4.62. The summed E-state index contributed by atoms with van der Waals surface area (Å²) in [5.74, 6) is 0.194. The summed E-state index contributed by atoms with van der Waals surface area (Å²) >= 11 is 0. The van der Waals surface area contributed by atoms with Gasteiger partial charge in [-0.1, -0.05) is 18.2 Å². The highest BCUT2D eigenvalue weighted by atomic mass is 16.2. The summed E-state index contributed by atoms with van der Waals surface area (Å²) in [6.45, 7) is 10.5. The fraction of sp³-hybridized carbons (Fsp3) is 0.500. The van der Waals surface area contributed by atoms with Crippen LogP contribution in [0.5, 0.6) is 0 Å². The summed E-state index contributed by atoms with van der Waals surface area (Å²) in [5.41, 5.74) is 5.41. The summed E-state index contributed by atoms with van der Waals surface area (Å²) in [7, 11) is 0. The molecule has 1 atom stereocenters. The van der Waals surface area contributed by atoms with E-state index in [1.165, 1.54) is 31.5 Å². The molecule has 0 bridgehead atoms. The average Bonchev–Trinajstić information content (AvgIpc) is 3.35. The van der Waals surface area contributed by atoms with E-state index in [0.29, 0.717) is 6.04 Å². The minimum absolute atomic E-state index is 0.194. The Hall–Kier alpha value is -2.07. The van der Waals surface area contributed by atoms with E-state index in [1.807, 2.05) is 0 Å². The van der Waals surface area contributed by atoms with Gasteiger partial charge in [-0.15, -0.1) is 0 Å². The van der Waals surface area contributed by atoms with E-state index in [2.05, 4.69) is 65.5 Å². The van der Waals surface area contributed by atoms with Gasteiger partial charge in [0.05, 0.1) is 5.56 Å². The average molecular weight is 351 g/mol. The standard InChI is InChI=1S/C22H29N3O/c1-16-8-4-5-9-21(16)25-17(2)14-20(18(25)3)22(26)24-13-10-19(15-24)23-11-6-7-12-23/h4-5,8-9,14,19H,6-7,10-13,15H2,1-3H3. The molecule has 1 unspecified atom stereocenters. The Balaban J connectivity index is 1.58. The zero-order valence-corrected chi connectivity index (χ0v) is 16.2. The first-order valence-corrected chi connectivity index (χ1v) is 9.84. The van der Waals surface area contributed by atoms with Crippen molar-refractivity contribution in [3.63, 3.8) is 0 Å². The van der Waals surface area contributed by atoms with Crippen LogP contribution in [0.2, 0.25) is 0 Å². The van der Waals surface area contributed by atoms with Crippen LogP contribution in [-0.2, 0) is 0 Å². The highest BCUT2D eigenvalue weighted by Crippen LogP contribution is 2.26. The van der Waals surface area contributed by atoms with E-state index < -0.39 is 0 Å². The van der Waals surface area contributed by atoms with Gasteiger partial charge in [0.25, 0.3) is 5.91 Å². The molecule has 0 radical (unpaired) electrons. The number of aryl methyl sites for hydroxylation is 2. The number of likely N-dealkylation sites (tertiary alicyclic amines) is 2. The van der Waals surface area contributed by atoms with Crippen molar-refractivity contribution in [2.45, 2.75) is 46.1 Å². The molecule has 1 aromatic heterocycles. The monoisotopic (exact) mass is 351 g/mol. The molecule has 4 rings (SSSR count). The van der Waals surface area contributed by atoms with Crippen LogP contribution in [0.4, 0.5) is 0 Å². The van der Waals surface area contributed by atoms with Crippen LogP contribution >= 0.6 is 0 Å². The lowest BCUT2D eigenvalue weighted by Crippen LogP contribution is -2.37. The topological polar surface area (TPSA) is 28.5 Å². The summed E-state index contributed by atoms with van der Waals surface area (Å²) in [6, 6.07) is 11.0. The Morgan fingerprint density at radius 1 is 1.04 bits per heavy atom. The molecule has 0 N–H and O–H groups in total. The number of nitrogens with zero attached hydrogens (tertiary/aromatic N) is 3. The van der Waals surface area contributed by atoms with Gasteiger partial charge in [0.2, 0.25) is 0 Å². The maximum Gasteiger partial charge on any atom is 0.255 e. The molecular formula is C22H29N3O. The largest absolute Gasteiger partial charge is 0.337 e. The molecule has 0 saturated carbocycles. The highest BCUT2D eigenvalue weighted by molar-refractivity contribution is 5.96. The van der Waals surface area contributed by atoms with Crippen molar-refractivity contribution in [1.29, 1.82) is 0 Å². The van der Waals surface area contributed by atoms with Crippen LogP contribution in [-0.4, -0.2) is 52.5 Å². The normalized spacial score (nSPS) is 20.9. The molecule has 2 saturated heterocycles. The minimum atomic E-state index is 0.194. The highest BCUT2D eigenvalue weighted by Gasteiger charge is 2.33. The quantitative estimate of drug-likeness (QED) is 0.843. The summed E-state index contributed by atoms with van der Waals surface area (Å²) in [5, 5.41) is 0. The number of hydrogen-bond acceptors (Lipinski definition) is 2. The molecule has 4 nitrogen and oxygen atoms in total. The van der Waals surface area contributed by atoms with Gasteiger partial charge in [0.1, 0.15) is 0 Å². The molecule has 2 fully saturated rings. The fourth-order valence-corrected chi connectivity index (χ4v) is 4.67. The van der Waals surface area contributed by atoms with E-state index >= 15 is 0 Å². The summed E-state index contributed by atoms with van der Waals surface area (Å²) in [4.78, 5) is 17.8.